The predicted octanol–water partition coefficient (Wildman–Crippen LogP) is 2.92. The molecule has 2 aromatic carbocycles. The molecule has 24 heavy (non-hydrogen) atoms. The van der Waals surface area contributed by atoms with E-state index in [-0.39, 0.29) is 45.0 Å². The van der Waals surface area contributed by atoms with Gasteiger partial charge in [0.25, 0.3) is 0 Å². The van der Waals surface area contributed by atoms with Crippen molar-refractivity contribution in [2.24, 2.45) is 0 Å². The summed E-state index contributed by atoms with van der Waals surface area (Å²) in [4.78, 5) is 24.7. The zero-order valence-electron chi connectivity index (χ0n) is 11.8. The molecule has 2 aromatic rings. The van der Waals surface area contributed by atoms with Crippen LogP contribution in [-0.2, 0) is 15.0 Å². The summed E-state index contributed by atoms with van der Waals surface area (Å²) in [7, 11) is 0. The van der Waals surface area contributed by atoms with E-state index in [0.717, 1.165) is 0 Å². The molecular formula is C16H8Cl2O6. The molecule has 1 atom stereocenters. The molecule has 0 bridgehead atoms. The normalized spacial score (nSPS) is 21.2. The first kappa shape index (κ1) is 15.1. The van der Waals surface area contributed by atoms with Gasteiger partial charge in [-0.15, -0.1) is 0 Å². The summed E-state index contributed by atoms with van der Waals surface area (Å²) in [6.45, 7) is 0. The second-order valence-electron chi connectivity index (χ2n) is 5.55. The van der Waals surface area contributed by atoms with Gasteiger partial charge < -0.3 is 19.7 Å². The van der Waals surface area contributed by atoms with Crippen molar-refractivity contribution < 1.29 is 29.3 Å². The highest BCUT2D eigenvalue weighted by Crippen LogP contribution is 2.54. The van der Waals surface area contributed by atoms with E-state index >= 15 is 0 Å². The van der Waals surface area contributed by atoms with Gasteiger partial charge in [-0.3, -0.25) is 9.59 Å². The lowest BCUT2D eigenvalue weighted by atomic mass is 9.71. The Morgan fingerprint density at radius 3 is 1.92 bits per heavy atom. The number of ether oxygens (including phenoxy) is 2. The Morgan fingerprint density at radius 2 is 1.38 bits per heavy atom. The molecule has 4 rings (SSSR count). The zero-order chi connectivity index (χ0) is 17.2. The molecule has 2 heterocycles. The molecule has 6 nitrogen and oxygen atoms in total. The van der Waals surface area contributed by atoms with Crippen LogP contribution < -0.4 is 9.47 Å². The van der Waals surface area contributed by atoms with E-state index in [4.69, 9.17) is 32.7 Å². The minimum atomic E-state index is -1.49. The largest absolute Gasteiger partial charge is 0.506 e. The van der Waals surface area contributed by atoms with Crippen molar-refractivity contribution in [2.45, 2.75) is 11.8 Å². The van der Waals surface area contributed by atoms with Gasteiger partial charge in [0.1, 0.15) is 28.4 Å². The summed E-state index contributed by atoms with van der Waals surface area (Å²) in [5.41, 5.74) is -0.875. The maximum Gasteiger partial charge on any atom is 0.327 e. The molecule has 0 amide bonds. The van der Waals surface area contributed by atoms with Crippen LogP contribution in [0.15, 0.2) is 24.3 Å². The monoisotopic (exact) mass is 366 g/mol. The van der Waals surface area contributed by atoms with Crippen molar-refractivity contribution in [3.63, 3.8) is 0 Å². The minimum absolute atomic E-state index is 0.00259. The first-order valence-corrected chi connectivity index (χ1v) is 7.57. The van der Waals surface area contributed by atoms with Gasteiger partial charge >= 0.3 is 11.9 Å². The summed E-state index contributed by atoms with van der Waals surface area (Å²) in [5, 5.41) is 19.5. The predicted molar refractivity (Wildman–Crippen MR) is 82.9 cm³/mol. The van der Waals surface area contributed by atoms with Gasteiger partial charge in [0.15, 0.2) is 0 Å². The SMILES string of the molecule is O=C1CC2(C(=O)Oc3cc(O)c(Cl)cc32)c2cc(Cl)c(O)cc2O1. The third-order valence-corrected chi connectivity index (χ3v) is 4.81. The van der Waals surface area contributed by atoms with Crippen LogP contribution in [0.5, 0.6) is 23.0 Å². The molecule has 0 saturated carbocycles. The quantitative estimate of drug-likeness (QED) is 0.550. The van der Waals surface area contributed by atoms with Crippen LogP contribution >= 0.6 is 23.2 Å². The molecular weight excluding hydrogens is 359 g/mol. The van der Waals surface area contributed by atoms with E-state index < -0.39 is 17.4 Å². The van der Waals surface area contributed by atoms with Crippen LogP contribution in [0.1, 0.15) is 17.5 Å². The van der Waals surface area contributed by atoms with E-state index in [1.807, 2.05) is 0 Å². The number of esters is 2. The second-order valence-corrected chi connectivity index (χ2v) is 6.36. The molecule has 0 fully saturated rings. The van der Waals surface area contributed by atoms with E-state index in [1.54, 1.807) is 0 Å². The zero-order valence-corrected chi connectivity index (χ0v) is 13.3. The van der Waals surface area contributed by atoms with Gasteiger partial charge in [0, 0.05) is 23.3 Å². The van der Waals surface area contributed by atoms with Gasteiger partial charge in [-0.05, 0) is 12.1 Å². The summed E-state index contributed by atoms with van der Waals surface area (Å²) in [6, 6.07) is 5.12. The molecule has 1 spiro atoms. The Bertz CT molecular complexity index is 939. The molecule has 1 unspecified atom stereocenters. The number of hydrogen-bond acceptors (Lipinski definition) is 6. The van der Waals surface area contributed by atoms with Gasteiger partial charge in [-0.25, -0.2) is 0 Å². The highest BCUT2D eigenvalue weighted by Gasteiger charge is 2.56. The average molecular weight is 367 g/mol. The first-order valence-electron chi connectivity index (χ1n) is 6.82. The van der Waals surface area contributed by atoms with Crippen LogP contribution in [0, 0.1) is 0 Å². The third kappa shape index (κ3) is 1.84. The maximum absolute atomic E-state index is 12.7. The Hall–Kier alpha value is -2.44. The van der Waals surface area contributed by atoms with Crippen LogP contribution in [0.25, 0.3) is 0 Å². The van der Waals surface area contributed by atoms with Crippen molar-refractivity contribution in [3.8, 4) is 23.0 Å². The van der Waals surface area contributed by atoms with Crippen molar-refractivity contribution in [1.82, 2.24) is 0 Å². The molecule has 0 aliphatic carbocycles. The van der Waals surface area contributed by atoms with E-state index in [9.17, 15) is 19.8 Å². The summed E-state index contributed by atoms with van der Waals surface area (Å²) < 4.78 is 10.4. The van der Waals surface area contributed by atoms with Crippen molar-refractivity contribution in [1.29, 1.82) is 0 Å². The molecule has 2 aliphatic rings. The van der Waals surface area contributed by atoms with Gasteiger partial charge in [0.05, 0.1) is 16.5 Å². The maximum atomic E-state index is 12.7. The number of benzene rings is 2. The molecule has 0 aromatic heterocycles. The fourth-order valence-electron chi connectivity index (χ4n) is 3.11. The topological polar surface area (TPSA) is 93.1 Å². The lowest BCUT2D eigenvalue weighted by Gasteiger charge is -2.31. The number of carbonyl (C=O) groups excluding carboxylic acids is 2. The lowest BCUT2D eigenvalue weighted by molar-refractivity contribution is -0.145. The highest BCUT2D eigenvalue weighted by atomic mass is 35.5. The van der Waals surface area contributed by atoms with Crippen LogP contribution in [-0.4, -0.2) is 22.2 Å². The Morgan fingerprint density at radius 1 is 0.875 bits per heavy atom. The molecule has 0 radical (unpaired) electrons. The summed E-state index contributed by atoms with van der Waals surface area (Å²) in [6.07, 6.45) is -0.311. The Balaban J connectivity index is 2.07. The van der Waals surface area contributed by atoms with Gasteiger partial charge in [0.2, 0.25) is 0 Å². The van der Waals surface area contributed by atoms with E-state index in [2.05, 4.69) is 0 Å². The van der Waals surface area contributed by atoms with Crippen molar-refractivity contribution in [3.05, 3.63) is 45.4 Å². The van der Waals surface area contributed by atoms with E-state index in [0.29, 0.717) is 5.56 Å². The number of phenolic OH excluding ortho intramolecular Hbond substituents is 2. The fourth-order valence-corrected chi connectivity index (χ4v) is 3.44. The number of halogens is 2. The number of hydrogen-bond donors (Lipinski definition) is 2. The van der Waals surface area contributed by atoms with Crippen LogP contribution in [0.2, 0.25) is 10.0 Å². The smallest absolute Gasteiger partial charge is 0.327 e. The Kier molecular flexibility index (Phi) is 3.01. The number of rotatable bonds is 0. The summed E-state index contributed by atoms with van der Waals surface area (Å²) >= 11 is 11.9. The molecule has 122 valence electrons. The summed E-state index contributed by atoms with van der Waals surface area (Å²) in [5.74, 6) is -1.79. The number of fused-ring (bicyclic) bond motifs is 4. The lowest BCUT2D eigenvalue weighted by Crippen LogP contribution is -2.42. The first-order chi connectivity index (χ1) is 11.3. The third-order valence-electron chi connectivity index (χ3n) is 4.20. The Labute approximate surface area is 145 Å². The molecule has 2 aliphatic heterocycles. The average Bonchev–Trinajstić information content (AvgIpc) is 2.75. The van der Waals surface area contributed by atoms with Gasteiger partial charge in [-0.2, -0.15) is 0 Å². The van der Waals surface area contributed by atoms with Crippen molar-refractivity contribution >= 4 is 35.1 Å². The molecule has 0 saturated heterocycles. The minimum Gasteiger partial charge on any atom is -0.506 e. The molecule has 8 heteroatoms. The van der Waals surface area contributed by atoms with Crippen LogP contribution in [0.4, 0.5) is 0 Å². The van der Waals surface area contributed by atoms with Crippen LogP contribution in [0.3, 0.4) is 0 Å². The van der Waals surface area contributed by atoms with Gasteiger partial charge in [-0.1, -0.05) is 23.2 Å². The van der Waals surface area contributed by atoms with Crippen molar-refractivity contribution in [2.75, 3.05) is 0 Å². The number of aromatic hydroxyl groups is 2. The molecule has 2 N–H and O–H groups in total. The number of carbonyl (C=O) groups is 2. The fraction of sp³-hybridized carbons (Fsp3) is 0.125. The number of phenols is 2. The van der Waals surface area contributed by atoms with E-state index in [1.165, 1.54) is 24.3 Å². The standard InChI is InChI=1S/C16H8Cl2O6/c17-8-1-6-12(3-10(8)19)23-14(21)5-16(6)7-2-9(18)11(20)4-13(7)24-15(16)22/h1-4,19-20H,5H2. The highest BCUT2D eigenvalue weighted by molar-refractivity contribution is 6.32. The second kappa shape index (κ2) is 4.78.